The Balaban J connectivity index is 1.24. The van der Waals surface area contributed by atoms with Crippen molar-refractivity contribution in [3.8, 4) is 0 Å². The topological polar surface area (TPSA) is 131 Å². The molecular formula is C23H28F3N5O5. The number of hydrogen-bond acceptors (Lipinski definition) is 9. The predicted molar refractivity (Wildman–Crippen MR) is 121 cm³/mol. The van der Waals surface area contributed by atoms with Gasteiger partial charge in [0.25, 0.3) is 0 Å². The van der Waals surface area contributed by atoms with Crippen molar-refractivity contribution < 1.29 is 38.0 Å². The summed E-state index contributed by atoms with van der Waals surface area (Å²) in [4.78, 5) is 22.4. The summed E-state index contributed by atoms with van der Waals surface area (Å²) in [5, 5.41) is 32.8. The number of carboxylic acid groups (broad SMARTS) is 1. The first-order valence-electron chi connectivity index (χ1n) is 11.5. The van der Waals surface area contributed by atoms with Crippen molar-refractivity contribution in [2.24, 2.45) is 0 Å². The molecule has 0 aliphatic carbocycles. The molecule has 0 bridgehead atoms. The minimum Gasteiger partial charge on any atom is -0.478 e. The molecule has 13 heteroatoms. The molecule has 2 aliphatic rings. The Kier molecular flexibility index (Phi) is 8.05. The van der Waals surface area contributed by atoms with Crippen molar-refractivity contribution in [3.05, 3.63) is 53.5 Å². The molecule has 4 rings (SSSR count). The second-order valence-corrected chi connectivity index (χ2v) is 8.97. The van der Waals surface area contributed by atoms with Gasteiger partial charge in [0.05, 0.1) is 36.7 Å². The highest BCUT2D eigenvalue weighted by atomic mass is 19.4. The van der Waals surface area contributed by atoms with Crippen LogP contribution in [0, 0.1) is 0 Å². The molecule has 2 fully saturated rings. The number of aliphatic hydroxyl groups excluding tert-OH is 2. The van der Waals surface area contributed by atoms with Crippen molar-refractivity contribution >= 4 is 11.8 Å². The van der Waals surface area contributed by atoms with Gasteiger partial charge in [0.1, 0.15) is 18.0 Å². The third-order valence-electron chi connectivity index (χ3n) is 6.40. The highest BCUT2D eigenvalue weighted by Gasteiger charge is 2.40. The Morgan fingerprint density at radius 1 is 1.06 bits per heavy atom. The van der Waals surface area contributed by atoms with E-state index in [9.17, 15) is 28.2 Å². The van der Waals surface area contributed by atoms with Gasteiger partial charge < -0.3 is 25.4 Å². The zero-order valence-electron chi connectivity index (χ0n) is 19.3. The van der Waals surface area contributed by atoms with Gasteiger partial charge in [0, 0.05) is 39.3 Å². The van der Waals surface area contributed by atoms with Gasteiger partial charge >= 0.3 is 12.1 Å². The monoisotopic (exact) mass is 511 g/mol. The molecule has 2 saturated heterocycles. The van der Waals surface area contributed by atoms with E-state index in [4.69, 9.17) is 9.84 Å². The van der Waals surface area contributed by atoms with Gasteiger partial charge in [-0.1, -0.05) is 12.1 Å². The zero-order chi connectivity index (χ0) is 25.9. The van der Waals surface area contributed by atoms with Gasteiger partial charge in [-0.25, -0.2) is 9.78 Å². The smallest absolute Gasteiger partial charge is 0.434 e. The first kappa shape index (κ1) is 26.2. The fourth-order valence-corrected chi connectivity index (χ4v) is 4.33. The molecule has 0 radical (unpaired) electrons. The number of piperazine rings is 1. The van der Waals surface area contributed by atoms with Crippen LogP contribution in [0.2, 0.25) is 0 Å². The quantitative estimate of drug-likeness (QED) is 0.426. The van der Waals surface area contributed by atoms with E-state index in [0.717, 1.165) is 37.9 Å². The number of benzene rings is 1. The summed E-state index contributed by atoms with van der Waals surface area (Å²) < 4.78 is 44.3. The first-order chi connectivity index (χ1) is 17.1. The van der Waals surface area contributed by atoms with E-state index in [2.05, 4.69) is 25.1 Å². The van der Waals surface area contributed by atoms with Crippen LogP contribution in [0.1, 0.15) is 21.6 Å². The van der Waals surface area contributed by atoms with Crippen LogP contribution in [0.15, 0.2) is 36.7 Å². The number of nitrogens with one attached hydrogen (secondary N) is 1. The van der Waals surface area contributed by atoms with Gasteiger partial charge in [0.2, 0.25) is 0 Å². The van der Waals surface area contributed by atoms with Crippen molar-refractivity contribution in [2.45, 2.75) is 37.1 Å². The summed E-state index contributed by atoms with van der Waals surface area (Å²) in [5.41, 5.74) is 0.108. The van der Waals surface area contributed by atoms with Crippen LogP contribution in [0.5, 0.6) is 0 Å². The number of carbonyl (C=O) groups is 1. The van der Waals surface area contributed by atoms with Crippen LogP contribution < -0.4 is 5.32 Å². The molecule has 1 aromatic heterocycles. The summed E-state index contributed by atoms with van der Waals surface area (Å²) in [6.07, 6.45) is -6.08. The molecule has 36 heavy (non-hydrogen) atoms. The van der Waals surface area contributed by atoms with Crippen molar-refractivity contribution in [3.63, 3.8) is 0 Å². The van der Waals surface area contributed by atoms with Crippen LogP contribution >= 0.6 is 0 Å². The summed E-state index contributed by atoms with van der Waals surface area (Å²) in [6.45, 7) is 4.05. The molecule has 10 nitrogen and oxygen atoms in total. The van der Waals surface area contributed by atoms with E-state index >= 15 is 0 Å². The second kappa shape index (κ2) is 11.0. The largest absolute Gasteiger partial charge is 0.478 e. The molecule has 0 amide bonds. The van der Waals surface area contributed by atoms with Gasteiger partial charge in [-0.2, -0.15) is 13.2 Å². The minimum atomic E-state index is -4.65. The van der Waals surface area contributed by atoms with Crippen molar-refractivity contribution in [1.82, 2.24) is 19.8 Å². The maximum absolute atomic E-state index is 12.9. The Labute approximate surface area is 205 Å². The summed E-state index contributed by atoms with van der Waals surface area (Å²) in [7, 11) is 0. The zero-order valence-corrected chi connectivity index (χ0v) is 19.3. The minimum absolute atomic E-state index is 0.0207. The fraction of sp³-hybridized carbons (Fsp3) is 0.522. The number of nitrogens with zero attached hydrogens (tertiary/aromatic N) is 4. The third-order valence-corrected chi connectivity index (χ3v) is 6.40. The molecule has 4 N–H and O–H groups in total. The lowest BCUT2D eigenvalue weighted by Crippen LogP contribution is -2.59. The number of aliphatic hydroxyl groups is 2. The molecule has 0 saturated carbocycles. The summed E-state index contributed by atoms with van der Waals surface area (Å²) >= 11 is 0. The van der Waals surface area contributed by atoms with Crippen LogP contribution in [0.4, 0.5) is 19.0 Å². The normalized spacial score (nSPS) is 26.0. The second-order valence-electron chi connectivity index (χ2n) is 8.97. The SMILES string of the molecule is O=C(O)c1ccc(CN2CCN(C[C@H]3OC[C@H](Nc4cncc(C(F)(F)F)n4)[C@@H](O)[C@H]3O)CC2)cc1. The molecule has 2 aromatic rings. The summed E-state index contributed by atoms with van der Waals surface area (Å²) in [5.74, 6) is -1.13. The van der Waals surface area contributed by atoms with E-state index in [1.807, 2.05) is 0 Å². The average molecular weight is 512 g/mol. The number of aromatic carboxylic acids is 1. The summed E-state index contributed by atoms with van der Waals surface area (Å²) in [6, 6.07) is 5.93. The molecule has 4 atom stereocenters. The first-order valence-corrected chi connectivity index (χ1v) is 11.5. The molecule has 1 aromatic carbocycles. The van der Waals surface area contributed by atoms with E-state index < -0.39 is 42.2 Å². The van der Waals surface area contributed by atoms with E-state index in [0.29, 0.717) is 19.3 Å². The van der Waals surface area contributed by atoms with Crippen molar-refractivity contribution in [1.29, 1.82) is 0 Å². The van der Waals surface area contributed by atoms with Gasteiger partial charge in [-0.3, -0.25) is 14.8 Å². The lowest BCUT2D eigenvalue weighted by atomic mass is 9.97. The number of rotatable bonds is 7. The van der Waals surface area contributed by atoms with Gasteiger partial charge in [0.15, 0.2) is 5.69 Å². The van der Waals surface area contributed by atoms with Crippen LogP contribution in [0.3, 0.4) is 0 Å². The Hall–Kier alpha value is -2.84. The molecule has 3 heterocycles. The number of hydrogen-bond donors (Lipinski definition) is 4. The number of ether oxygens (including phenoxy) is 1. The predicted octanol–water partition coefficient (Wildman–Crippen LogP) is 0.912. The Bertz CT molecular complexity index is 1030. The lowest BCUT2D eigenvalue weighted by Gasteiger charge is -2.42. The molecule has 2 aliphatic heterocycles. The number of alkyl halides is 3. The highest BCUT2D eigenvalue weighted by Crippen LogP contribution is 2.28. The number of halogens is 3. The molecule has 0 spiro atoms. The highest BCUT2D eigenvalue weighted by molar-refractivity contribution is 5.87. The van der Waals surface area contributed by atoms with E-state index in [1.54, 1.807) is 24.3 Å². The number of anilines is 1. The van der Waals surface area contributed by atoms with Crippen LogP contribution in [-0.4, -0.2) is 105 Å². The fourth-order valence-electron chi connectivity index (χ4n) is 4.33. The molecular weight excluding hydrogens is 483 g/mol. The molecule has 0 unspecified atom stereocenters. The van der Waals surface area contributed by atoms with Gasteiger partial charge in [-0.05, 0) is 17.7 Å². The van der Waals surface area contributed by atoms with Crippen LogP contribution in [0.25, 0.3) is 0 Å². The molecule has 196 valence electrons. The Morgan fingerprint density at radius 3 is 2.36 bits per heavy atom. The maximum atomic E-state index is 12.9. The maximum Gasteiger partial charge on any atom is 0.434 e. The average Bonchev–Trinajstić information content (AvgIpc) is 2.85. The number of carboxylic acids is 1. The van der Waals surface area contributed by atoms with E-state index in [1.165, 1.54) is 0 Å². The van der Waals surface area contributed by atoms with Gasteiger partial charge in [-0.15, -0.1) is 0 Å². The van der Waals surface area contributed by atoms with Crippen molar-refractivity contribution in [2.75, 3.05) is 44.6 Å². The standard InChI is InChI=1S/C23H28F3N5O5/c24-23(25,26)18-9-27-10-19(29-18)28-16-13-36-17(21(33)20(16)32)12-31-7-5-30(6-8-31)11-14-1-3-15(4-2-14)22(34)35/h1-4,9-10,16-17,20-21,32-33H,5-8,11-13H2,(H,28,29)(H,34,35)/t16-,17+,20+,21-/m0/s1. The third kappa shape index (κ3) is 6.48. The lowest BCUT2D eigenvalue weighted by molar-refractivity contribution is -0.148. The van der Waals surface area contributed by atoms with E-state index in [-0.39, 0.29) is 18.0 Å². The number of aromatic nitrogens is 2. The Morgan fingerprint density at radius 2 is 1.72 bits per heavy atom. The van der Waals surface area contributed by atoms with Crippen LogP contribution in [-0.2, 0) is 17.5 Å².